The maximum atomic E-state index is 12.4. The minimum atomic E-state index is 0.0734. The molecule has 0 aliphatic carbocycles. The van der Waals surface area contributed by atoms with Crippen LogP contribution in [0.5, 0.6) is 0 Å². The zero-order chi connectivity index (χ0) is 17.0. The molecule has 0 spiro atoms. The Labute approximate surface area is 141 Å². The molecule has 1 aromatic heterocycles. The fourth-order valence-corrected chi connectivity index (χ4v) is 3.26. The van der Waals surface area contributed by atoms with Gasteiger partial charge in [0, 0.05) is 17.6 Å². The molecule has 2 aromatic rings. The molecule has 0 bridgehead atoms. The zero-order valence-electron chi connectivity index (χ0n) is 13.9. The molecule has 1 aromatic carbocycles. The molecule has 0 aliphatic rings. The van der Waals surface area contributed by atoms with Crippen molar-refractivity contribution in [3.63, 3.8) is 0 Å². The van der Waals surface area contributed by atoms with Crippen LogP contribution in [0, 0.1) is 0 Å². The molecular formula is C16H23N5OS. The lowest BCUT2D eigenvalue weighted by molar-refractivity contribution is -0.131. The molecule has 0 aliphatic heterocycles. The van der Waals surface area contributed by atoms with Gasteiger partial charge >= 0.3 is 0 Å². The van der Waals surface area contributed by atoms with E-state index in [1.807, 2.05) is 62.9 Å². The van der Waals surface area contributed by atoms with Crippen LogP contribution in [0.4, 0.5) is 0 Å². The molecule has 7 heteroatoms. The third-order valence-electron chi connectivity index (χ3n) is 3.42. The van der Waals surface area contributed by atoms with Crippen molar-refractivity contribution in [3.05, 3.63) is 30.3 Å². The molecule has 1 heterocycles. The van der Waals surface area contributed by atoms with Gasteiger partial charge in [0.05, 0.1) is 5.75 Å². The van der Waals surface area contributed by atoms with E-state index in [0.717, 1.165) is 5.56 Å². The Hall–Kier alpha value is -2.02. The van der Waals surface area contributed by atoms with Crippen LogP contribution in [0.2, 0.25) is 0 Å². The van der Waals surface area contributed by atoms with Gasteiger partial charge in [-0.05, 0) is 27.7 Å². The second kappa shape index (κ2) is 7.50. The number of nitrogens with two attached hydrogens (primary N) is 1. The Morgan fingerprint density at radius 3 is 2.35 bits per heavy atom. The maximum absolute atomic E-state index is 12.4. The number of amides is 1. The van der Waals surface area contributed by atoms with E-state index < -0.39 is 0 Å². The van der Waals surface area contributed by atoms with Crippen molar-refractivity contribution in [2.24, 2.45) is 0 Å². The average Bonchev–Trinajstić information content (AvgIpc) is 2.86. The van der Waals surface area contributed by atoms with E-state index in [2.05, 4.69) is 10.2 Å². The van der Waals surface area contributed by atoms with Crippen molar-refractivity contribution in [3.8, 4) is 11.4 Å². The number of thioether (sulfide) groups is 1. The van der Waals surface area contributed by atoms with E-state index in [0.29, 0.717) is 16.7 Å². The molecule has 0 atom stereocenters. The van der Waals surface area contributed by atoms with Gasteiger partial charge in [0.2, 0.25) is 11.1 Å². The lowest BCUT2D eigenvalue weighted by Crippen LogP contribution is -2.43. The van der Waals surface area contributed by atoms with Gasteiger partial charge in [0.15, 0.2) is 5.82 Å². The highest BCUT2D eigenvalue weighted by molar-refractivity contribution is 7.99. The third kappa shape index (κ3) is 4.04. The summed E-state index contributed by atoms with van der Waals surface area (Å²) in [5.41, 5.74) is 0.895. The molecular weight excluding hydrogens is 310 g/mol. The van der Waals surface area contributed by atoms with Crippen LogP contribution in [0.15, 0.2) is 35.5 Å². The smallest absolute Gasteiger partial charge is 0.233 e. The van der Waals surface area contributed by atoms with Crippen LogP contribution in [0.25, 0.3) is 11.4 Å². The normalized spacial score (nSPS) is 11.2. The van der Waals surface area contributed by atoms with Crippen LogP contribution in [0.1, 0.15) is 27.7 Å². The van der Waals surface area contributed by atoms with Crippen molar-refractivity contribution >= 4 is 17.7 Å². The first kappa shape index (κ1) is 17.3. The van der Waals surface area contributed by atoms with Gasteiger partial charge in [-0.15, -0.1) is 10.2 Å². The number of nitrogen functional groups attached to an aromatic ring is 1. The van der Waals surface area contributed by atoms with Gasteiger partial charge in [-0.3, -0.25) is 4.79 Å². The predicted octanol–water partition coefficient (Wildman–Crippen LogP) is 2.40. The number of hydrogen-bond acceptors (Lipinski definition) is 5. The van der Waals surface area contributed by atoms with E-state index in [4.69, 9.17) is 5.84 Å². The van der Waals surface area contributed by atoms with Gasteiger partial charge in [-0.25, -0.2) is 4.68 Å². The largest absolute Gasteiger partial charge is 0.337 e. The van der Waals surface area contributed by atoms with Gasteiger partial charge in [0.25, 0.3) is 0 Å². The van der Waals surface area contributed by atoms with Crippen molar-refractivity contribution in [1.29, 1.82) is 0 Å². The fraction of sp³-hybridized carbons (Fsp3) is 0.438. The minimum Gasteiger partial charge on any atom is -0.337 e. The Kier molecular flexibility index (Phi) is 5.65. The lowest BCUT2D eigenvalue weighted by atomic mass is 10.2. The van der Waals surface area contributed by atoms with E-state index in [1.165, 1.54) is 16.4 Å². The first-order valence-electron chi connectivity index (χ1n) is 7.61. The van der Waals surface area contributed by atoms with Crippen LogP contribution in [0.3, 0.4) is 0 Å². The molecule has 0 radical (unpaired) electrons. The van der Waals surface area contributed by atoms with Gasteiger partial charge in [-0.1, -0.05) is 42.1 Å². The molecule has 6 nitrogen and oxygen atoms in total. The number of hydrogen-bond donors (Lipinski definition) is 1. The first-order valence-corrected chi connectivity index (χ1v) is 8.60. The quantitative estimate of drug-likeness (QED) is 0.649. The molecule has 23 heavy (non-hydrogen) atoms. The van der Waals surface area contributed by atoms with Crippen LogP contribution < -0.4 is 5.84 Å². The van der Waals surface area contributed by atoms with E-state index in [9.17, 15) is 4.79 Å². The molecule has 2 rings (SSSR count). The number of carbonyl (C=O) groups is 1. The minimum absolute atomic E-state index is 0.0734. The summed E-state index contributed by atoms with van der Waals surface area (Å²) < 4.78 is 1.43. The van der Waals surface area contributed by atoms with E-state index in [1.54, 1.807) is 0 Å². The number of aromatic nitrogens is 3. The summed E-state index contributed by atoms with van der Waals surface area (Å²) in [5.74, 6) is 7.02. The highest BCUT2D eigenvalue weighted by Crippen LogP contribution is 2.22. The highest BCUT2D eigenvalue weighted by Gasteiger charge is 2.21. The SMILES string of the molecule is CC(C)N(C(=O)CSc1nnc(-c2ccccc2)n1N)C(C)C. The van der Waals surface area contributed by atoms with E-state index in [-0.39, 0.29) is 18.0 Å². The molecule has 2 N–H and O–H groups in total. The van der Waals surface area contributed by atoms with Crippen LogP contribution in [-0.2, 0) is 4.79 Å². The summed E-state index contributed by atoms with van der Waals surface area (Å²) in [6, 6.07) is 9.95. The summed E-state index contributed by atoms with van der Waals surface area (Å²) >= 11 is 1.31. The number of nitrogens with zero attached hydrogens (tertiary/aromatic N) is 4. The molecule has 0 unspecified atom stereocenters. The van der Waals surface area contributed by atoms with E-state index >= 15 is 0 Å². The highest BCUT2D eigenvalue weighted by atomic mass is 32.2. The van der Waals surface area contributed by atoms with Crippen molar-refractivity contribution in [1.82, 2.24) is 19.8 Å². The summed E-state index contributed by atoms with van der Waals surface area (Å²) in [6.07, 6.45) is 0. The second-order valence-corrected chi connectivity index (χ2v) is 6.76. The second-order valence-electron chi connectivity index (χ2n) is 5.82. The molecule has 0 fully saturated rings. The lowest BCUT2D eigenvalue weighted by Gasteiger charge is -2.30. The Morgan fingerprint density at radius 2 is 1.78 bits per heavy atom. The summed E-state index contributed by atoms with van der Waals surface area (Å²) in [6.45, 7) is 8.06. The van der Waals surface area contributed by atoms with Gasteiger partial charge in [0.1, 0.15) is 0 Å². The van der Waals surface area contributed by atoms with Crippen molar-refractivity contribution < 1.29 is 4.79 Å². The number of carbonyl (C=O) groups excluding carboxylic acids is 1. The molecule has 0 saturated heterocycles. The van der Waals surface area contributed by atoms with Crippen LogP contribution in [-0.4, -0.2) is 43.5 Å². The average molecular weight is 333 g/mol. The Bertz CT molecular complexity index is 646. The summed E-state index contributed by atoms with van der Waals surface area (Å²) in [7, 11) is 0. The number of rotatable bonds is 6. The molecule has 1 amide bonds. The third-order valence-corrected chi connectivity index (χ3v) is 4.35. The standard InChI is InChI=1S/C16H23N5OS/c1-11(2)20(12(3)4)14(22)10-23-16-19-18-15(21(16)17)13-8-6-5-7-9-13/h5-9,11-12H,10,17H2,1-4H3. The Morgan fingerprint density at radius 1 is 1.17 bits per heavy atom. The number of benzene rings is 1. The van der Waals surface area contributed by atoms with Crippen LogP contribution >= 0.6 is 11.8 Å². The predicted molar refractivity (Wildman–Crippen MR) is 93.5 cm³/mol. The summed E-state index contributed by atoms with van der Waals surface area (Å²) in [5, 5.41) is 8.75. The monoisotopic (exact) mass is 333 g/mol. The zero-order valence-corrected chi connectivity index (χ0v) is 14.7. The molecule has 0 saturated carbocycles. The topological polar surface area (TPSA) is 77.0 Å². The first-order chi connectivity index (χ1) is 10.9. The van der Waals surface area contributed by atoms with Gasteiger partial charge < -0.3 is 10.7 Å². The molecule has 124 valence electrons. The van der Waals surface area contributed by atoms with Crippen molar-refractivity contribution in [2.75, 3.05) is 11.6 Å². The van der Waals surface area contributed by atoms with Gasteiger partial charge in [-0.2, -0.15) is 0 Å². The summed E-state index contributed by atoms with van der Waals surface area (Å²) in [4.78, 5) is 14.3. The fourth-order valence-electron chi connectivity index (χ4n) is 2.53. The Balaban J connectivity index is 2.08. The van der Waals surface area contributed by atoms with Crippen molar-refractivity contribution in [2.45, 2.75) is 44.9 Å². The maximum Gasteiger partial charge on any atom is 0.233 e.